The molecule has 0 unspecified atom stereocenters. The number of carbonyl (C=O) groups is 1. The molecule has 0 aromatic rings. The van der Waals surface area contributed by atoms with E-state index in [1.54, 1.807) is 0 Å². The predicted octanol–water partition coefficient (Wildman–Crippen LogP) is 6.05. The highest BCUT2D eigenvalue weighted by atomic mass is 16.5. The summed E-state index contributed by atoms with van der Waals surface area (Å²) in [6.07, 6.45) is 15.9. The zero-order chi connectivity index (χ0) is 27.7. The fourth-order valence-electron chi connectivity index (χ4n) is 7.59. The molecule has 0 heterocycles. The number of allylic oxidation sites excluding steroid dienone is 4. The van der Waals surface area contributed by atoms with Crippen LogP contribution in [0.3, 0.4) is 0 Å². The molecular weight excluding hydrogens is 476 g/mol. The molecule has 3 N–H and O–H groups in total. The summed E-state index contributed by atoms with van der Waals surface area (Å²) in [4.78, 5) is 12.6. The Morgan fingerprint density at radius 3 is 2.61 bits per heavy atom. The zero-order valence-electron chi connectivity index (χ0n) is 24.0. The topological polar surface area (TPSA) is 87.0 Å². The largest absolute Gasteiger partial charge is 0.465 e. The smallest absolute Gasteiger partial charge is 0.315 e. The summed E-state index contributed by atoms with van der Waals surface area (Å²) < 4.78 is 5.45. The van der Waals surface area contributed by atoms with Crippen LogP contribution in [-0.4, -0.2) is 46.2 Å². The van der Waals surface area contributed by atoms with Crippen LogP contribution in [0.2, 0.25) is 0 Å². The Labute approximate surface area is 229 Å². The molecule has 4 aliphatic carbocycles. The Kier molecular flexibility index (Phi) is 9.11. The minimum atomic E-state index is -0.783. The third-order valence-corrected chi connectivity index (χ3v) is 10.6. The second-order valence-electron chi connectivity index (χ2n) is 13.0. The number of carbonyl (C=O) groups excluding carboxylic acids is 1. The van der Waals surface area contributed by atoms with E-state index < -0.39 is 23.7 Å². The molecule has 4 rings (SSSR count). The molecular formula is C33H50O5. The lowest BCUT2D eigenvalue weighted by Gasteiger charge is -2.44. The first-order valence-corrected chi connectivity index (χ1v) is 15.0. The van der Waals surface area contributed by atoms with E-state index >= 15 is 0 Å². The molecule has 38 heavy (non-hydrogen) atoms. The molecule has 0 spiro atoms. The van der Waals surface area contributed by atoms with E-state index in [-0.39, 0.29) is 17.3 Å². The highest BCUT2D eigenvalue weighted by molar-refractivity contribution is 5.81. The maximum atomic E-state index is 12.6. The van der Waals surface area contributed by atoms with Crippen molar-refractivity contribution in [2.45, 2.75) is 110 Å². The molecule has 5 nitrogen and oxygen atoms in total. The zero-order valence-corrected chi connectivity index (χ0v) is 24.0. The Bertz CT molecular complexity index is 972. The van der Waals surface area contributed by atoms with Crippen molar-refractivity contribution in [1.82, 2.24) is 0 Å². The van der Waals surface area contributed by atoms with Gasteiger partial charge in [-0.1, -0.05) is 70.6 Å². The highest BCUT2D eigenvalue weighted by Crippen LogP contribution is 2.59. The van der Waals surface area contributed by atoms with Crippen LogP contribution in [0.4, 0.5) is 0 Å². The van der Waals surface area contributed by atoms with Gasteiger partial charge in [-0.15, -0.1) is 0 Å². The molecule has 0 aromatic heterocycles. The number of hydrogen-bond acceptors (Lipinski definition) is 5. The summed E-state index contributed by atoms with van der Waals surface area (Å²) in [7, 11) is 0. The van der Waals surface area contributed by atoms with Crippen LogP contribution in [0.1, 0.15) is 91.9 Å². The van der Waals surface area contributed by atoms with E-state index in [2.05, 4.69) is 45.6 Å². The quantitative estimate of drug-likeness (QED) is 0.193. The number of aliphatic hydroxyl groups excluding tert-OH is 3. The molecule has 0 aliphatic heterocycles. The van der Waals surface area contributed by atoms with Gasteiger partial charge < -0.3 is 20.1 Å². The van der Waals surface area contributed by atoms with Crippen molar-refractivity contribution in [3.05, 3.63) is 47.6 Å². The van der Waals surface area contributed by atoms with Gasteiger partial charge in [0.1, 0.15) is 0 Å². The molecule has 0 radical (unpaired) electrons. The summed E-state index contributed by atoms with van der Waals surface area (Å²) in [6, 6.07) is 0. The van der Waals surface area contributed by atoms with Crippen LogP contribution in [0.25, 0.3) is 0 Å². The first-order chi connectivity index (χ1) is 18.0. The fraction of sp³-hybridized carbons (Fsp3) is 0.727. The third kappa shape index (κ3) is 5.62. The third-order valence-electron chi connectivity index (χ3n) is 10.6. The molecule has 4 saturated carbocycles. The van der Waals surface area contributed by atoms with Crippen molar-refractivity contribution in [3.63, 3.8) is 0 Å². The molecule has 4 aliphatic rings. The first kappa shape index (κ1) is 29.3. The standard InChI is InChI=1S/C33H50O5/c1-6-7-19-38-31(37)33(17-18-33)29(35)15-10-21(2)26-13-14-27-24(9-8-16-32(26,27)5)11-12-25-20-28(34)23(4)30(36)22(25)3/h10-12,15,21,23,26-30,34-36H,3,6-9,13-14,16-20H2,1-2,4-5H3/b15-10+,24-11+,25-12-/t21-,23+,26-,27+,28+,29+,30-,32-/m1/s1. The van der Waals surface area contributed by atoms with E-state index in [1.165, 1.54) is 12.0 Å². The Morgan fingerprint density at radius 2 is 1.92 bits per heavy atom. The van der Waals surface area contributed by atoms with Crippen molar-refractivity contribution in [2.75, 3.05) is 6.61 Å². The van der Waals surface area contributed by atoms with Crippen molar-refractivity contribution in [3.8, 4) is 0 Å². The van der Waals surface area contributed by atoms with Gasteiger partial charge in [-0.3, -0.25) is 4.79 Å². The van der Waals surface area contributed by atoms with E-state index in [4.69, 9.17) is 4.74 Å². The molecule has 0 amide bonds. The lowest BCUT2D eigenvalue weighted by Crippen LogP contribution is -2.36. The van der Waals surface area contributed by atoms with Crippen LogP contribution < -0.4 is 0 Å². The maximum Gasteiger partial charge on any atom is 0.315 e. The summed E-state index contributed by atoms with van der Waals surface area (Å²) in [5.74, 6) is 0.931. The number of hydrogen-bond donors (Lipinski definition) is 3. The predicted molar refractivity (Wildman–Crippen MR) is 151 cm³/mol. The van der Waals surface area contributed by atoms with Gasteiger partial charge >= 0.3 is 5.97 Å². The number of fused-ring (bicyclic) bond motifs is 1. The van der Waals surface area contributed by atoms with Gasteiger partial charge in [0.05, 0.1) is 30.3 Å². The van der Waals surface area contributed by atoms with Gasteiger partial charge in [0.2, 0.25) is 0 Å². The molecule has 5 heteroatoms. The van der Waals surface area contributed by atoms with Crippen molar-refractivity contribution < 1.29 is 24.9 Å². The minimum absolute atomic E-state index is 0.185. The van der Waals surface area contributed by atoms with Gasteiger partial charge in [-0.25, -0.2) is 0 Å². The Hall–Kier alpha value is -1.69. The molecule has 0 aromatic carbocycles. The van der Waals surface area contributed by atoms with Crippen LogP contribution >= 0.6 is 0 Å². The average Bonchev–Trinajstić information content (AvgIpc) is 3.63. The van der Waals surface area contributed by atoms with Gasteiger partial charge in [0.15, 0.2) is 0 Å². The summed E-state index contributed by atoms with van der Waals surface area (Å²) in [5.41, 5.74) is 2.65. The molecule has 212 valence electrons. The number of aliphatic hydroxyl groups is 3. The van der Waals surface area contributed by atoms with Crippen LogP contribution in [-0.2, 0) is 9.53 Å². The summed E-state index contributed by atoms with van der Waals surface area (Å²) in [6.45, 7) is 13.2. The number of ether oxygens (including phenoxy) is 1. The lowest BCUT2D eigenvalue weighted by molar-refractivity contribution is -0.153. The van der Waals surface area contributed by atoms with Crippen molar-refractivity contribution >= 4 is 5.97 Å². The second-order valence-corrected chi connectivity index (χ2v) is 13.0. The molecule has 0 saturated heterocycles. The Morgan fingerprint density at radius 1 is 1.18 bits per heavy atom. The van der Waals surface area contributed by atoms with E-state index in [0.717, 1.165) is 49.7 Å². The maximum absolute atomic E-state index is 12.6. The summed E-state index contributed by atoms with van der Waals surface area (Å²) in [5, 5.41) is 31.8. The molecule has 8 atom stereocenters. The number of esters is 1. The van der Waals surface area contributed by atoms with Gasteiger partial charge in [0, 0.05) is 5.92 Å². The van der Waals surface area contributed by atoms with Gasteiger partial charge in [-0.2, -0.15) is 0 Å². The SMILES string of the molecule is C=C1/C(=C\C=C2/CCC[C@]3(C)[C@@H]([C@H](C)/C=C/[C@H](O)C4(C(=O)OCCCC)CC4)CC[C@@H]23)C[C@H](O)[C@H](C)[C@@H]1O. The first-order valence-electron chi connectivity index (χ1n) is 15.0. The highest BCUT2D eigenvalue weighted by Gasteiger charge is 2.56. The molecule has 4 fully saturated rings. The number of rotatable bonds is 9. The normalized spacial score (nSPS) is 38.4. The number of unbranched alkanes of at least 4 members (excludes halogenated alkanes) is 1. The van der Waals surface area contributed by atoms with Crippen molar-refractivity contribution in [1.29, 1.82) is 0 Å². The lowest BCUT2D eigenvalue weighted by atomic mass is 9.61. The van der Waals surface area contributed by atoms with Crippen molar-refractivity contribution in [2.24, 2.45) is 34.5 Å². The van der Waals surface area contributed by atoms with Crippen LogP contribution in [0.15, 0.2) is 47.6 Å². The van der Waals surface area contributed by atoms with Gasteiger partial charge in [0.25, 0.3) is 0 Å². The fourth-order valence-corrected chi connectivity index (χ4v) is 7.59. The minimum Gasteiger partial charge on any atom is -0.465 e. The average molecular weight is 527 g/mol. The second kappa shape index (κ2) is 11.8. The van der Waals surface area contributed by atoms with E-state index in [1.807, 2.05) is 13.0 Å². The Balaban J connectivity index is 1.42. The van der Waals surface area contributed by atoms with E-state index in [9.17, 15) is 20.1 Å². The molecule has 0 bridgehead atoms. The monoisotopic (exact) mass is 526 g/mol. The van der Waals surface area contributed by atoms with Gasteiger partial charge in [-0.05, 0) is 92.1 Å². The summed E-state index contributed by atoms with van der Waals surface area (Å²) >= 11 is 0. The van der Waals surface area contributed by atoms with E-state index in [0.29, 0.717) is 43.6 Å². The van der Waals surface area contributed by atoms with Crippen LogP contribution in [0.5, 0.6) is 0 Å². The van der Waals surface area contributed by atoms with Crippen LogP contribution in [0, 0.1) is 34.5 Å².